The molecule has 0 saturated carbocycles. The van der Waals surface area contributed by atoms with Crippen LogP contribution < -0.4 is 10.2 Å². The maximum atomic E-state index is 12.8. The maximum Gasteiger partial charge on any atom is 0.348 e. The van der Waals surface area contributed by atoms with E-state index in [2.05, 4.69) is 12.2 Å². The summed E-state index contributed by atoms with van der Waals surface area (Å²) in [5, 5.41) is 14.4. The van der Waals surface area contributed by atoms with Crippen LogP contribution in [0.15, 0.2) is 5.38 Å². The normalized spacial score (nSPS) is 12.2. The lowest BCUT2D eigenvalue weighted by Gasteiger charge is -2.27. The Balaban J connectivity index is 3.10. The van der Waals surface area contributed by atoms with Crippen molar-refractivity contribution in [3.8, 4) is 0 Å². The number of carbonyl (C=O) groups excluding carboxylic acids is 1. The summed E-state index contributed by atoms with van der Waals surface area (Å²) in [7, 11) is 0. The molecule has 0 saturated heterocycles. The Hall–Kier alpha value is -1.40. The molecule has 1 heterocycles. The molecule has 0 bridgehead atoms. The summed E-state index contributed by atoms with van der Waals surface area (Å²) >= 11 is 1.18. The van der Waals surface area contributed by atoms with Crippen molar-refractivity contribution < 1.29 is 14.7 Å². The van der Waals surface area contributed by atoms with Gasteiger partial charge in [-0.25, -0.2) is 4.79 Å². The second-order valence-electron chi connectivity index (χ2n) is 5.42. The number of carboxylic acids is 1. The van der Waals surface area contributed by atoms with Crippen LogP contribution in [0.2, 0.25) is 0 Å². The Labute approximate surface area is 136 Å². The quantitative estimate of drug-likeness (QED) is 0.730. The van der Waals surface area contributed by atoms with E-state index in [-0.39, 0.29) is 16.8 Å². The molecule has 6 heteroatoms. The fourth-order valence-corrected chi connectivity index (χ4v) is 3.15. The van der Waals surface area contributed by atoms with Gasteiger partial charge in [-0.1, -0.05) is 20.3 Å². The van der Waals surface area contributed by atoms with Crippen LogP contribution in [0.3, 0.4) is 0 Å². The van der Waals surface area contributed by atoms with E-state index in [1.165, 1.54) is 11.3 Å². The number of amides is 1. The topological polar surface area (TPSA) is 69.6 Å². The number of nitrogens with zero attached hydrogens (tertiary/aromatic N) is 1. The molecule has 0 fully saturated rings. The number of nitrogens with one attached hydrogen (secondary N) is 1. The van der Waals surface area contributed by atoms with E-state index in [4.69, 9.17) is 0 Å². The van der Waals surface area contributed by atoms with Gasteiger partial charge in [0.1, 0.15) is 4.88 Å². The van der Waals surface area contributed by atoms with Crippen molar-refractivity contribution in [2.24, 2.45) is 0 Å². The van der Waals surface area contributed by atoms with Gasteiger partial charge in [0, 0.05) is 6.54 Å². The summed E-state index contributed by atoms with van der Waals surface area (Å²) in [4.78, 5) is 26.1. The predicted octanol–water partition coefficient (Wildman–Crippen LogP) is 3.28. The predicted molar refractivity (Wildman–Crippen MR) is 91.0 cm³/mol. The molecule has 0 radical (unpaired) electrons. The molecule has 1 aromatic rings. The highest BCUT2D eigenvalue weighted by Crippen LogP contribution is 2.32. The van der Waals surface area contributed by atoms with Crippen LogP contribution in [-0.4, -0.2) is 36.1 Å². The van der Waals surface area contributed by atoms with Gasteiger partial charge in [-0.3, -0.25) is 4.79 Å². The zero-order valence-corrected chi connectivity index (χ0v) is 14.6. The molecule has 0 aliphatic carbocycles. The third-order valence-electron chi connectivity index (χ3n) is 3.48. The molecule has 0 spiro atoms. The highest BCUT2D eigenvalue weighted by molar-refractivity contribution is 7.12. The Kier molecular flexibility index (Phi) is 7.55. The van der Waals surface area contributed by atoms with Crippen LogP contribution in [0.5, 0.6) is 0 Å². The molecular formula is C16H26N2O3S. The molecule has 0 aliphatic rings. The van der Waals surface area contributed by atoms with Crippen molar-refractivity contribution in [1.82, 2.24) is 5.32 Å². The van der Waals surface area contributed by atoms with E-state index in [0.717, 1.165) is 31.4 Å². The summed E-state index contributed by atoms with van der Waals surface area (Å²) < 4.78 is 0. The van der Waals surface area contributed by atoms with E-state index in [1.807, 2.05) is 20.8 Å². The van der Waals surface area contributed by atoms with E-state index >= 15 is 0 Å². The SMILES string of the molecule is CCCCN(C(=O)C(C)NCCC)c1c(C)csc1C(=O)O. The first-order valence-corrected chi connectivity index (χ1v) is 8.68. The average Bonchev–Trinajstić information content (AvgIpc) is 2.87. The maximum absolute atomic E-state index is 12.8. The Morgan fingerprint density at radius 2 is 2.05 bits per heavy atom. The molecule has 5 nitrogen and oxygen atoms in total. The standard InChI is InChI=1S/C16H26N2O3S/c1-5-7-9-18(15(19)12(4)17-8-6-2)13-11(3)10-22-14(13)16(20)21/h10,12,17H,5-9H2,1-4H3,(H,20,21). The number of rotatable bonds is 9. The van der Waals surface area contributed by atoms with Gasteiger partial charge in [0.2, 0.25) is 5.91 Å². The van der Waals surface area contributed by atoms with Crippen LogP contribution in [0.1, 0.15) is 55.3 Å². The molecule has 1 amide bonds. The number of aromatic carboxylic acids is 1. The monoisotopic (exact) mass is 326 g/mol. The fraction of sp³-hybridized carbons (Fsp3) is 0.625. The van der Waals surface area contributed by atoms with Crippen molar-refractivity contribution in [1.29, 1.82) is 0 Å². The minimum Gasteiger partial charge on any atom is -0.477 e. The van der Waals surface area contributed by atoms with Gasteiger partial charge in [-0.2, -0.15) is 0 Å². The van der Waals surface area contributed by atoms with E-state index in [1.54, 1.807) is 10.3 Å². The first-order valence-electron chi connectivity index (χ1n) is 7.80. The van der Waals surface area contributed by atoms with Crippen molar-refractivity contribution in [3.05, 3.63) is 15.8 Å². The van der Waals surface area contributed by atoms with Crippen molar-refractivity contribution in [2.75, 3.05) is 18.0 Å². The minimum atomic E-state index is -0.975. The van der Waals surface area contributed by atoms with Crippen LogP contribution >= 0.6 is 11.3 Å². The first kappa shape index (κ1) is 18.6. The van der Waals surface area contributed by atoms with Crippen molar-refractivity contribution in [3.63, 3.8) is 0 Å². The van der Waals surface area contributed by atoms with Crippen LogP contribution in [0.4, 0.5) is 5.69 Å². The molecule has 22 heavy (non-hydrogen) atoms. The van der Waals surface area contributed by atoms with Crippen molar-refractivity contribution in [2.45, 2.75) is 53.0 Å². The molecular weight excluding hydrogens is 300 g/mol. The molecule has 2 N–H and O–H groups in total. The Morgan fingerprint density at radius 1 is 1.36 bits per heavy atom. The van der Waals surface area contributed by atoms with Gasteiger partial charge in [0.05, 0.1) is 11.7 Å². The average molecular weight is 326 g/mol. The third kappa shape index (κ3) is 4.55. The Bertz CT molecular complexity index is 513. The molecule has 0 aromatic carbocycles. The van der Waals surface area contributed by atoms with Gasteiger partial charge in [0.25, 0.3) is 0 Å². The number of aryl methyl sites for hydroxylation is 1. The third-order valence-corrected chi connectivity index (χ3v) is 4.55. The minimum absolute atomic E-state index is 0.0640. The number of unbranched alkanes of at least 4 members (excludes halogenated alkanes) is 1. The van der Waals surface area contributed by atoms with Crippen LogP contribution in [0.25, 0.3) is 0 Å². The zero-order valence-electron chi connectivity index (χ0n) is 13.8. The molecule has 1 aromatic heterocycles. The largest absolute Gasteiger partial charge is 0.477 e. The van der Waals surface area contributed by atoms with Gasteiger partial charge in [-0.05, 0) is 44.2 Å². The number of anilines is 1. The number of hydrogen-bond donors (Lipinski definition) is 2. The Morgan fingerprint density at radius 3 is 2.59 bits per heavy atom. The smallest absolute Gasteiger partial charge is 0.348 e. The fourth-order valence-electron chi connectivity index (χ4n) is 2.26. The highest BCUT2D eigenvalue weighted by atomic mass is 32.1. The van der Waals surface area contributed by atoms with Gasteiger partial charge < -0.3 is 15.3 Å². The van der Waals surface area contributed by atoms with E-state index in [0.29, 0.717) is 12.2 Å². The van der Waals surface area contributed by atoms with E-state index < -0.39 is 5.97 Å². The zero-order chi connectivity index (χ0) is 16.7. The molecule has 0 aliphatic heterocycles. The van der Waals surface area contributed by atoms with Gasteiger partial charge >= 0.3 is 5.97 Å². The van der Waals surface area contributed by atoms with Gasteiger partial charge in [-0.15, -0.1) is 11.3 Å². The molecule has 1 unspecified atom stereocenters. The van der Waals surface area contributed by atoms with Gasteiger partial charge in [0.15, 0.2) is 0 Å². The summed E-state index contributed by atoms with van der Waals surface area (Å²) in [5.41, 5.74) is 1.40. The molecule has 124 valence electrons. The lowest BCUT2D eigenvalue weighted by molar-refractivity contribution is -0.120. The lowest BCUT2D eigenvalue weighted by Crippen LogP contribution is -2.46. The van der Waals surface area contributed by atoms with E-state index in [9.17, 15) is 14.7 Å². The first-order chi connectivity index (χ1) is 10.4. The van der Waals surface area contributed by atoms with Crippen LogP contribution in [-0.2, 0) is 4.79 Å². The number of carboxylic acid groups (broad SMARTS) is 1. The number of hydrogen-bond acceptors (Lipinski definition) is 4. The molecule has 1 rings (SSSR count). The van der Waals surface area contributed by atoms with Crippen LogP contribution in [0, 0.1) is 6.92 Å². The lowest BCUT2D eigenvalue weighted by atomic mass is 10.1. The highest BCUT2D eigenvalue weighted by Gasteiger charge is 2.27. The second-order valence-corrected chi connectivity index (χ2v) is 6.30. The molecule has 1 atom stereocenters. The summed E-state index contributed by atoms with van der Waals surface area (Å²) in [6.45, 7) is 9.10. The number of carbonyl (C=O) groups is 2. The second kappa shape index (κ2) is 8.90. The van der Waals surface area contributed by atoms with Crippen molar-refractivity contribution >= 4 is 28.9 Å². The summed E-state index contributed by atoms with van der Waals surface area (Å²) in [6, 6.07) is -0.322. The number of thiophene rings is 1. The summed E-state index contributed by atoms with van der Waals surface area (Å²) in [5.74, 6) is -1.04. The summed E-state index contributed by atoms with van der Waals surface area (Å²) in [6.07, 6.45) is 2.75.